The summed E-state index contributed by atoms with van der Waals surface area (Å²) in [6, 6.07) is 0. The number of unbranched alkanes of at least 4 members (excludes halogenated alkanes) is 3. The number of nitrogens with zero attached hydrogens (tertiary/aromatic N) is 1. The van der Waals surface area contributed by atoms with Gasteiger partial charge in [0.25, 0.3) is 0 Å². The molecule has 0 amide bonds. The standard InChI is InChI=1S/C17H37N3OS/c1-15(2)11-9-7-8-10-12-19-16(18-6)20-13-14-22(21)17(3,4)5/h15H,7-14H2,1-6H3,(H2,18,19,20). The molecule has 2 N–H and O–H groups in total. The van der Waals surface area contributed by atoms with E-state index < -0.39 is 10.8 Å². The second-order valence-corrected chi connectivity index (χ2v) is 9.51. The highest BCUT2D eigenvalue weighted by Gasteiger charge is 2.18. The Morgan fingerprint density at radius 3 is 2.18 bits per heavy atom. The third-order valence-corrected chi connectivity index (χ3v) is 5.43. The summed E-state index contributed by atoms with van der Waals surface area (Å²) in [7, 11) is 0.960. The molecule has 0 fully saturated rings. The number of hydrogen-bond acceptors (Lipinski definition) is 2. The lowest BCUT2D eigenvalue weighted by atomic mass is 10.0. The lowest BCUT2D eigenvalue weighted by Crippen LogP contribution is -2.40. The summed E-state index contributed by atoms with van der Waals surface area (Å²) in [6.45, 7) is 12.2. The van der Waals surface area contributed by atoms with Crippen molar-refractivity contribution in [2.24, 2.45) is 10.9 Å². The van der Waals surface area contributed by atoms with Gasteiger partial charge in [-0.05, 0) is 33.1 Å². The molecule has 0 spiro atoms. The van der Waals surface area contributed by atoms with Crippen molar-refractivity contribution in [3.8, 4) is 0 Å². The monoisotopic (exact) mass is 331 g/mol. The third kappa shape index (κ3) is 12.0. The summed E-state index contributed by atoms with van der Waals surface area (Å²) in [6.07, 6.45) is 6.43. The first-order valence-corrected chi connectivity index (χ1v) is 9.92. The average Bonchev–Trinajstić information content (AvgIpc) is 2.42. The maximum atomic E-state index is 12.0. The number of aliphatic imine (C=N–C) groups is 1. The molecule has 0 bridgehead atoms. The van der Waals surface area contributed by atoms with E-state index in [1.807, 2.05) is 20.8 Å². The number of hydrogen-bond donors (Lipinski definition) is 2. The Morgan fingerprint density at radius 2 is 1.64 bits per heavy atom. The van der Waals surface area contributed by atoms with Crippen LogP contribution < -0.4 is 10.6 Å². The van der Waals surface area contributed by atoms with Crippen LogP contribution in [0.2, 0.25) is 0 Å². The van der Waals surface area contributed by atoms with Crippen LogP contribution in [-0.2, 0) is 10.8 Å². The smallest absolute Gasteiger partial charge is 0.191 e. The third-order valence-electron chi connectivity index (χ3n) is 3.49. The highest BCUT2D eigenvalue weighted by Crippen LogP contribution is 2.10. The number of rotatable bonds is 10. The van der Waals surface area contributed by atoms with Gasteiger partial charge in [-0.3, -0.25) is 9.20 Å². The van der Waals surface area contributed by atoms with Crippen molar-refractivity contribution in [3.63, 3.8) is 0 Å². The molecule has 1 atom stereocenters. The highest BCUT2D eigenvalue weighted by atomic mass is 32.2. The summed E-state index contributed by atoms with van der Waals surface area (Å²) in [4.78, 5) is 4.20. The molecule has 0 aliphatic heterocycles. The lowest BCUT2D eigenvalue weighted by Gasteiger charge is -2.18. The summed E-state index contributed by atoms with van der Waals surface area (Å²) >= 11 is 0. The van der Waals surface area contributed by atoms with Gasteiger partial charge in [-0.15, -0.1) is 0 Å². The van der Waals surface area contributed by atoms with Gasteiger partial charge in [0, 0.05) is 41.4 Å². The molecular weight excluding hydrogens is 294 g/mol. The normalized spacial score (nSPS) is 14.2. The zero-order valence-electron chi connectivity index (χ0n) is 15.5. The fraction of sp³-hybridized carbons (Fsp3) is 0.941. The summed E-state index contributed by atoms with van der Waals surface area (Å²) in [5.74, 6) is 2.28. The average molecular weight is 332 g/mol. The molecule has 22 heavy (non-hydrogen) atoms. The van der Waals surface area contributed by atoms with E-state index in [-0.39, 0.29) is 4.75 Å². The largest absolute Gasteiger partial charge is 0.356 e. The Kier molecular flexibility index (Phi) is 11.6. The predicted molar refractivity (Wildman–Crippen MR) is 100 cm³/mol. The molecule has 0 rings (SSSR count). The van der Waals surface area contributed by atoms with Crippen molar-refractivity contribution in [1.29, 1.82) is 0 Å². The lowest BCUT2D eigenvalue weighted by molar-refractivity contribution is 0.518. The Hall–Kier alpha value is -0.580. The Bertz CT molecular complexity index is 335. The van der Waals surface area contributed by atoms with Gasteiger partial charge in [0.15, 0.2) is 5.96 Å². The van der Waals surface area contributed by atoms with E-state index in [1.165, 1.54) is 32.1 Å². The zero-order chi connectivity index (χ0) is 17.0. The van der Waals surface area contributed by atoms with Crippen molar-refractivity contribution in [3.05, 3.63) is 0 Å². The van der Waals surface area contributed by atoms with Gasteiger partial charge in [-0.25, -0.2) is 0 Å². The van der Waals surface area contributed by atoms with Gasteiger partial charge >= 0.3 is 0 Å². The first-order valence-electron chi connectivity index (χ1n) is 8.60. The topological polar surface area (TPSA) is 53.5 Å². The SMILES string of the molecule is CN=C(NCCCCCCC(C)C)NCCS(=O)C(C)(C)C. The Morgan fingerprint density at radius 1 is 1.05 bits per heavy atom. The molecule has 0 saturated carbocycles. The molecule has 0 aliphatic rings. The Balaban J connectivity index is 3.67. The fourth-order valence-electron chi connectivity index (χ4n) is 2.03. The van der Waals surface area contributed by atoms with Crippen molar-refractivity contribution in [1.82, 2.24) is 10.6 Å². The quantitative estimate of drug-likeness (QED) is 0.367. The second kappa shape index (κ2) is 11.9. The van der Waals surface area contributed by atoms with Gasteiger partial charge in [0.1, 0.15) is 0 Å². The molecule has 0 aromatic rings. The minimum atomic E-state index is -0.816. The minimum Gasteiger partial charge on any atom is -0.356 e. The van der Waals surface area contributed by atoms with Crippen LogP contribution >= 0.6 is 0 Å². The molecule has 0 aliphatic carbocycles. The van der Waals surface area contributed by atoms with Crippen LogP contribution in [0, 0.1) is 5.92 Å². The molecule has 0 aromatic heterocycles. The highest BCUT2D eigenvalue weighted by molar-refractivity contribution is 7.86. The zero-order valence-corrected chi connectivity index (χ0v) is 16.3. The van der Waals surface area contributed by atoms with Crippen LogP contribution in [0.25, 0.3) is 0 Å². The number of guanidine groups is 1. The Labute approximate surface area is 140 Å². The van der Waals surface area contributed by atoms with Crippen molar-refractivity contribution in [2.45, 2.75) is 71.5 Å². The first-order chi connectivity index (χ1) is 10.3. The molecule has 5 heteroatoms. The van der Waals surface area contributed by atoms with Crippen LogP contribution in [-0.4, -0.2) is 40.8 Å². The maximum Gasteiger partial charge on any atom is 0.191 e. The van der Waals surface area contributed by atoms with Gasteiger partial charge in [-0.2, -0.15) is 0 Å². The van der Waals surface area contributed by atoms with Crippen LogP contribution in [0.1, 0.15) is 66.7 Å². The van der Waals surface area contributed by atoms with E-state index in [0.717, 1.165) is 18.4 Å². The molecule has 132 valence electrons. The van der Waals surface area contributed by atoms with Gasteiger partial charge in [0.2, 0.25) is 0 Å². The van der Waals surface area contributed by atoms with E-state index in [4.69, 9.17) is 0 Å². The van der Waals surface area contributed by atoms with E-state index in [9.17, 15) is 4.21 Å². The van der Waals surface area contributed by atoms with Crippen LogP contribution in [0.5, 0.6) is 0 Å². The van der Waals surface area contributed by atoms with E-state index in [2.05, 4.69) is 29.5 Å². The summed E-state index contributed by atoms with van der Waals surface area (Å²) in [5.41, 5.74) is 0. The maximum absolute atomic E-state index is 12.0. The predicted octanol–water partition coefficient (Wildman–Crippen LogP) is 3.31. The summed E-state index contributed by atoms with van der Waals surface area (Å²) < 4.78 is 11.8. The van der Waals surface area contributed by atoms with E-state index >= 15 is 0 Å². The van der Waals surface area contributed by atoms with Crippen molar-refractivity contribution < 1.29 is 4.21 Å². The van der Waals surface area contributed by atoms with E-state index in [0.29, 0.717) is 12.3 Å². The van der Waals surface area contributed by atoms with Gasteiger partial charge in [0.05, 0.1) is 0 Å². The minimum absolute atomic E-state index is 0.144. The molecule has 0 aromatic carbocycles. The molecule has 4 nitrogen and oxygen atoms in total. The number of nitrogens with one attached hydrogen (secondary N) is 2. The van der Waals surface area contributed by atoms with Crippen molar-refractivity contribution >= 4 is 16.8 Å². The van der Waals surface area contributed by atoms with Crippen molar-refractivity contribution in [2.75, 3.05) is 25.9 Å². The first kappa shape index (κ1) is 21.4. The van der Waals surface area contributed by atoms with Gasteiger partial charge < -0.3 is 10.6 Å². The molecule has 0 saturated heterocycles. The fourth-order valence-corrected chi connectivity index (χ4v) is 2.93. The van der Waals surface area contributed by atoms with E-state index in [1.54, 1.807) is 7.05 Å². The summed E-state index contributed by atoms with van der Waals surface area (Å²) in [5, 5.41) is 6.56. The second-order valence-electron chi connectivity index (χ2n) is 7.18. The molecule has 0 heterocycles. The molecule has 1 unspecified atom stereocenters. The van der Waals surface area contributed by atoms with Gasteiger partial charge in [-0.1, -0.05) is 39.5 Å². The van der Waals surface area contributed by atoms with Crippen LogP contribution in [0.3, 0.4) is 0 Å². The molecule has 0 radical (unpaired) electrons. The van der Waals surface area contributed by atoms with Crippen LogP contribution in [0.15, 0.2) is 4.99 Å². The van der Waals surface area contributed by atoms with Crippen LogP contribution in [0.4, 0.5) is 0 Å². The molecular formula is C17H37N3OS.